The van der Waals surface area contributed by atoms with Gasteiger partial charge in [0, 0.05) is 6.42 Å². The van der Waals surface area contributed by atoms with Gasteiger partial charge in [0.05, 0.1) is 26.2 Å². The maximum absolute atomic E-state index is 12.3. The monoisotopic (exact) mass is 458 g/mol. The van der Waals surface area contributed by atoms with Gasteiger partial charge in [0.1, 0.15) is 24.1 Å². The molecule has 1 aliphatic rings. The molecule has 1 aliphatic heterocycles. The molecule has 0 bridgehead atoms. The second-order valence-electron chi connectivity index (χ2n) is 7.93. The summed E-state index contributed by atoms with van der Waals surface area (Å²) in [7, 11) is 0. The van der Waals surface area contributed by atoms with Gasteiger partial charge in [0.25, 0.3) is 0 Å². The molecule has 0 saturated carbocycles. The highest BCUT2D eigenvalue weighted by atomic mass is 16.7. The summed E-state index contributed by atoms with van der Waals surface area (Å²) in [6, 6.07) is 18.8. The van der Waals surface area contributed by atoms with Crippen molar-refractivity contribution in [2.24, 2.45) is 0 Å². The van der Waals surface area contributed by atoms with E-state index in [-0.39, 0.29) is 31.8 Å². The van der Waals surface area contributed by atoms with E-state index in [2.05, 4.69) is 0 Å². The maximum atomic E-state index is 12.3. The molecule has 8 nitrogen and oxygen atoms in total. The summed E-state index contributed by atoms with van der Waals surface area (Å²) in [5.41, 5.74) is 1.78. The highest BCUT2D eigenvalue weighted by molar-refractivity contribution is 5.81. The van der Waals surface area contributed by atoms with E-state index >= 15 is 0 Å². The average Bonchev–Trinajstić information content (AvgIpc) is 2.83. The Morgan fingerprint density at radius 1 is 0.848 bits per heavy atom. The predicted octanol–water partition coefficient (Wildman–Crippen LogP) is 2.15. The van der Waals surface area contributed by atoms with E-state index in [0.717, 1.165) is 11.1 Å². The summed E-state index contributed by atoms with van der Waals surface area (Å²) in [4.78, 5) is 23.6. The highest BCUT2D eigenvalue weighted by Gasteiger charge is 2.49. The second kappa shape index (κ2) is 12.6. The quantitative estimate of drug-likeness (QED) is 0.493. The number of ketones is 1. The molecule has 2 aromatic rings. The van der Waals surface area contributed by atoms with Gasteiger partial charge in [0.2, 0.25) is 0 Å². The predicted molar refractivity (Wildman–Crippen MR) is 118 cm³/mol. The first kappa shape index (κ1) is 25.0. The summed E-state index contributed by atoms with van der Waals surface area (Å²) >= 11 is 0. The van der Waals surface area contributed by atoms with E-state index in [4.69, 9.17) is 18.9 Å². The molecule has 2 N–H and O–H groups in total. The number of benzene rings is 2. The van der Waals surface area contributed by atoms with E-state index < -0.39 is 43.3 Å². The first-order valence-electron chi connectivity index (χ1n) is 10.9. The number of hydrogen-bond donors (Lipinski definition) is 2. The molecule has 0 unspecified atom stereocenters. The molecule has 0 aliphatic carbocycles. The van der Waals surface area contributed by atoms with Gasteiger partial charge in [0.15, 0.2) is 12.4 Å². The summed E-state index contributed by atoms with van der Waals surface area (Å²) in [5, 5.41) is 20.4. The number of carbonyl (C=O) groups is 2. The number of hydrogen-bond acceptors (Lipinski definition) is 8. The Morgan fingerprint density at radius 2 is 1.39 bits per heavy atom. The maximum Gasteiger partial charge on any atom is 0.306 e. The third-order valence-electron chi connectivity index (χ3n) is 5.31. The molecule has 1 saturated heterocycles. The molecule has 0 spiro atoms. The van der Waals surface area contributed by atoms with E-state index in [1.165, 1.54) is 6.92 Å². The van der Waals surface area contributed by atoms with Crippen LogP contribution in [-0.2, 0) is 41.8 Å². The van der Waals surface area contributed by atoms with Crippen LogP contribution >= 0.6 is 0 Å². The fraction of sp³-hybridized carbons (Fsp3) is 0.440. The van der Waals surface area contributed by atoms with Crippen LogP contribution in [0.15, 0.2) is 60.7 Å². The van der Waals surface area contributed by atoms with Crippen LogP contribution in [0.5, 0.6) is 0 Å². The first-order valence-corrected chi connectivity index (χ1v) is 10.9. The van der Waals surface area contributed by atoms with Crippen molar-refractivity contribution in [2.45, 2.75) is 63.7 Å². The Balaban J connectivity index is 1.79. The molecule has 5 atom stereocenters. The lowest BCUT2D eigenvalue weighted by Gasteiger charge is -2.43. The molecule has 178 valence electrons. The lowest BCUT2D eigenvalue weighted by molar-refractivity contribution is -0.308. The Morgan fingerprint density at radius 3 is 1.91 bits per heavy atom. The number of aliphatic hydroxyl groups is 2. The van der Waals surface area contributed by atoms with E-state index in [0.29, 0.717) is 0 Å². The molecule has 1 fully saturated rings. The minimum Gasteiger partial charge on any atom is -0.454 e. The molecule has 0 radical (unpaired) electrons. The topological polar surface area (TPSA) is 112 Å². The first-order chi connectivity index (χ1) is 16.0. The van der Waals surface area contributed by atoms with Crippen molar-refractivity contribution in [3.8, 4) is 0 Å². The van der Waals surface area contributed by atoms with Crippen LogP contribution in [0.1, 0.15) is 30.9 Å². The van der Waals surface area contributed by atoms with E-state index in [1.54, 1.807) is 0 Å². The van der Waals surface area contributed by atoms with Crippen molar-refractivity contribution in [1.29, 1.82) is 0 Å². The Kier molecular flexibility index (Phi) is 9.53. The Labute approximate surface area is 193 Å². The lowest BCUT2D eigenvalue weighted by Crippen LogP contribution is -2.61. The SMILES string of the molecule is CC(=O)CCC(=O)O[C@H]1[C@@H](OCc2ccccc2)[C@H](OCc2ccccc2)[C@@H](CO)O[C@@H]1O. The number of aliphatic hydroxyl groups excluding tert-OH is 2. The molecule has 1 heterocycles. The Bertz CT molecular complexity index is 872. The normalized spacial score (nSPS) is 24.9. The smallest absolute Gasteiger partial charge is 0.306 e. The average molecular weight is 459 g/mol. The van der Waals surface area contributed by atoms with Gasteiger partial charge < -0.3 is 34.0 Å². The van der Waals surface area contributed by atoms with E-state index in [1.807, 2.05) is 60.7 Å². The van der Waals surface area contributed by atoms with E-state index in [9.17, 15) is 19.8 Å². The minimum absolute atomic E-state index is 0.0330. The zero-order chi connectivity index (χ0) is 23.6. The molecule has 33 heavy (non-hydrogen) atoms. The van der Waals surface area contributed by atoms with Crippen LogP contribution < -0.4 is 0 Å². The van der Waals surface area contributed by atoms with Gasteiger partial charge in [-0.25, -0.2) is 0 Å². The zero-order valence-corrected chi connectivity index (χ0v) is 18.5. The third kappa shape index (κ3) is 7.45. The van der Waals surface area contributed by atoms with Crippen molar-refractivity contribution >= 4 is 11.8 Å². The minimum atomic E-state index is -1.53. The van der Waals surface area contributed by atoms with Crippen LogP contribution in [0.2, 0.25) is 0 Å². The van der Waals surface area contributed by atoms with Gasteiger partial charge >= 0.3 is 5.97 Å². The van der Waals surface area contributed by atoms with Crippen LogP contribution in [-0.4, -0.2) is 59.3 Å². The van der Waals surface area contributed by atoms with Gasteiger partial charge in [-0.3, -0.25) is 4.79 Å². The molecule has 0 amide bonds. The number of carbonyl (C=O) groups excluding carboxylic acids is 2. The third-order valence-corrected chi connectivity index (χ3v) is 5.31. The summed E-state index contributed by atoms with van der Waals surface area (Å²) < 4.78 is 23.1. The van der Waals surface area contributed by atoms with Crippen molar-refractivity contribution in [1.82, 2.24) is 0 Å². The van der Waals surface area contributed by atoms with Crippen molar-refractivity contribution < 1.29 is 38.7 Å². The van der Waals surface area contributed by atoms with Crippen LogP contribution in [0.3, 0.4) is 0 Å². The largest absolute Gasteiger partial charge is 0.454 e. The summed E-state index contributed by atoms with van der Waals surface area (Å²) in [6.07, 6.45) is -5.45. The van der Waals surface area contributed by atoms with Gasteiger partial charge in [-0.1, -0.05) is 60.7 Å². The molecule has 0 aromatic heterocycles. The fourth-order valence-electron chi connectivity index (χ4n) is 3.58. The van der Waals surface area contributed by atoms with Crippen molar-refractivity contribution in [2.75, 3.05) is 6.61 Å². The summed E-state index contributed by atoms with van der Waals surface area (Å²) in [6.45, 7) is 1.34. The van der Waals surface area contributed by atoms with Crippen LogP contribution in [0, 0.1) is 0 Å². The lowest BCUT2D eigenvalue weighted by atomic mass is 9.98. The number of ether oxygens (including phenoxy) is 4. The van der Waals surface area contributed by atoms with Crippen LogP contribution in [0.25, 0.3) is 0 Å². The molecular weight excluding hydrogens is 428 g/mol. The number of esters is 1. The highest BCUT2D eigenvalue weighted by Crippen LogP contribution is 2.29. The zero-order valence-electron chi connectivity index (χ0n) is 18.5. The van der Waals surface area contributed by atoms with Crippen LogP contribution in [0.4, 0.5) is 0 Å². The van der Waals surface area contributed by atoms with Gasteiger partial charge in [-0.2, -0.15) is 0 Å². The standard InChI is InChI=1S/C25H30O8/c1-17(27)12-13-21(28)33-24-23(31-16-19-10-6-3-7-11-19)22(20(14-26)32-25(24)29)30-15-18-8-4-2-5-9-18/h2-11,20,22-26,29H,12-16H2,1H3/t20-,22-,23+,24+,25+/m1/s1. The number of Topliss-reactive ketones (excluding diaryl/α,β-unsaturated/α-hetero) is 1. The fourth-order valence-corrected chi connectivity index (χ4v) is 3.58. The van der Waals surface area contributed by atoms with Gasteiger partial charge in [-0.05, 0) is 18.1 Å². The Hall–Kier alpha value is -2.62. The van der Waals surface area contributed by atoms with Gasteiger partial charge in [-0.15, -0.1) is 0 Å². The summed E-state index contributed by atoms with van der Waals surface area (Å²) in [5.74, 6) is -0.802. The molecule has 2 aromatic carbocycles. The molecule has 3 rings (SSSR count). The second-order valence-corrected chi connectivity index (χ2v) is 7.93. The van der Waals surface area contributed by atoms with Crippen molar-refractivity contribution in [3.63, 3.8) is 0 Å². The van der Waals surface area contributed by atoms with Crippen molar-refractivity contribution in [3.05, 3.63) is 71.8 Å². The number of rotatable bonds is 11. The molecule has 8 heteroatoms. The molecular formula is C25H30O8.